The first kappa shape index (κ1) is 21.3. The minimum absolute atomic E-state index is 0.0942. The molecule has 0 unspecified atom stereocenters. The molecule has 0 saturated carbocycles. The number of aromatic nitrogens is 2. The second-order valence-corrected chi connectivity index (χ2v) is 8.95. The molecule has 0 saturated heterocycles. The van der Waals surface area contributed by atoms with Gasteiger partial charge in [-0.3, -0.25) is 4.79 Å². The number of ether oxygens (including phenoxy) is 1. The average Bonchev–Trinajstić information content (AvgIpc) is 3.42. The maximum Gasteiger partial charge on any atom is 0.367 e. The fourth-order valence-corrected chi connectivity index (χ4v) is 4.31. The number of carbonyl (C=O) groups excluding carboxylic acids is 2. The summed E-state index contributed by atoms with van der Waals surface area (Å²) in [6.45, 7) is 9.40. The molecule has 1 N–H and O–H groups in total. The summed E-state index contributed by atoms with van der Waals surface area (Å²) in [5, 5.41) is 7.17. The molecular formula is C21H25N3O3S2. The minimum atomic E-state index is -0.424. The second kappa shape index (κ2) is 9.37. The molecule has 0 fully saturated rings. The van der Waals surface area contributed by atoms with Crippen LogP contribution >= 0.6 is 22.7 Å². The summed E-state index contributed by atoms with van der Waals surface area (Å²) >= 11 is 2.92. The van der Waals surface area contributed by atoms with Gasteiger partial charge in [0.05, 0.1) is 30.1 Å². The zero-order valence-electron chi connectivity index (χ0n) is 17.0. The molecule has 0 aliphatic rings. The van der Waals surface area contributed by atoms with E-state index in [0.717, 1.165) is 11.4 Å². The van der Waals surface area contributed by atoms with Crippen LogP contribution in [0.3, 0.4) is 0 Å². The first-order valence-electron chi connectivity index (χ1n) is 9.54. The third-order valence-corrected chi connectivity index (χ3v) is 6.08. The number of thiophene rings is 1. The van der Waals surface area contributed by atoms with E-state index < -0.39 is 5.97 Å². The predicted octanol–water partition coefficient (Wildman–Crippen LogP) is 4.59. The highest BCUT2D eigenvalue weighted by atomic mass is 32.1. The number of rotatable bonds is 8. The normalized spacial score (nSPS) is 11.1. The summed E-state index contributed by atoms with van der Waals surface area (Å²) < 4.78 is 7.14. The third kappa shape index (κ3) is 4.94. The zero-order valence-corrected chi connectivity index (χ0v) is 18.7. The standard InChI is InChI=1S/C21H25N3O3S2/c1-5-27-21(26)20-23-17(12-29-20)18-9-16(19(25)22-10-13(2)3)14(4)24(18)11-15-7-6-8-28-15/h6-9,12-13H,5,10-11H2,1-4H3,(H,22,25). The van der Waals surface area contributed by atoms with Crippen molar-refractivity contribution in [1.82, 2.24) is 14.9 Å². The highest BCUT2D eigenvalue weighted by Crippen LogP contribution is 2.29. The lowest BCUT2D eigenvalue weighted by Gasteiger charge is -2.10. The molecule has 3 aromatic heterocycles. The molecule has 6 nitrogen and oxygen atoms in total. The van der Waals surface area contributed by atoms with Crippen LogP contribution in [-0.4, -0.2) is 34.6 Å². The van der Waals surface area contributed by atoms with Crippen molar-refractivity contribution in [2.45, 2.75) is 34.2 Å². The molecule has 154 valence electrons. The maximum absolute atomic E-state index is 12.8. The number of esters is 1. The van der Waals surface area contributed by atoms with Crippen LogP contribution in [0.4, 0.5) is 0 Å². The molecule has 0 aliphatic carbocycles. The van der Waals surface area contributed by atoms with Crippen molar-refractivity contribution in [2.24, 2.45) is 5.92 Å². The molecule has 3 aromatic rings. The Balaban J connectivity index is 1.99. The molecule has 29 heavy (non-hydrogen) atoms. The van der Waals surface area contributed by atoms with Gasteiger partial charge in [0.15, 0.2) is 0 Å². The van der Waals surface area contributed by atoms with Gasteiger partial charge in [-0.15, -0.1) is 22.7 Å². The second-order valence-electron chi connectivity index (χ2n) is 7.06. The highest BCUT2D eigenvalue weighted by Gasteiger charge is 2.22. The maximum atomic E-state index is 12.8. The van der Waals surface area contributed by atoms with E-state index in [1.807, 2.05) is 29.8 Å². The lowest BCUT2D eigenvalue weighted by atomic mass is 10.2. The summed E-state index contributed by atoms with van der Waals surface area (Å²) in [7, 11) is 0. The van der Waals surface area contributed by atoms with Gasteiger partial charge >= 0.3 is 5.97 Å². The van der Waals surface area contributed by atoms with E-state index in [1.165, 1.54) is 16.2 Å². The first-order valence-corrected chi connectivity index (χ1v) is 11.3. The third-order valence-electron chi connectivity index (χ3n) is 4.39. The molecule has 0 radical (unpaired) electrons. The molecule has 0 aromatic carbocycles. The fraction of sp³-hybridized carbons (Fsp3) is 0.381. The van der Waals surface area contributed by atoms with E-state index >= 15 is 0 Å². The van der Waals surface area contributed by atoms with Gasteiger partial charge in [-0.2, -0.15) is 0 Å². The van der Waals surface area contributed by atoms with Gasteiger partial charge in [-0.1, -0.05) is 19.9 Å². The Morgan fingerprint density at radius 1 is 1.31 bits per heavy atom. The van der Waals surface area contributed by atoms with Crippen molar-refractivity contribution in [2.75, 3.05) is 13.2 Å². The molecule has 0 bridgehead atoms. The van der Waals surface area contributed by atoms with Crippen LogP contribution in [0.2, 0.25) is 0 Å². The Kier molecular flexibility index (Phi) is 6.87. The Morgan fingerprint density at radius 3 is 2.76 bits per heavy atom. The van der Waals surface area contributed by atoms with E-state index in [-0.39, 0.29) is 5.91 Å². The first-order chi connectivity index (χ1) is 13.9. The molecule has 3 heterocycles. The number of thiazole rings is 1. The molecule has 0 atom stereocenters. The SMILES string of the molecule is CCOC(=O)c1nc(-c2cc(C(=O)NCC(C)C)c(C)n2Cc2cccs2)cs1. The minimum Gasteiger partial charge on any atom is -0.461 e. The Hall–Kier alpha value is -2.45. The van der Waals surface area contributed by atoms with E-state index in [0.29, 0.717) is 41.9 Å². The summed E-state index contributed by atoms with van der Waals surface area (Å²) in [4.78, 5) is 30.4. The Bertz CT molecular complexity index is 987. The number of nitrogens with zero attached hydrogens (tertiary/aromatic N) is 2. The van der Waals surface area contributed by atoms with Crippen molar-refractivity contribution >= 4 is 34.6 Å². The van der Waals surface area contributed by atoms with E-state index in [1.54, 1.807) is 18.3 Å². The molecule has 8 heteroatoms. The summed E-state index contributed by atoms with van der Waals surface area (Å²) in [6, 6.07) is 5.94. The van der Waals surface area contributed by atoms with Crippen LogP contribution < -0.4 is 5.32 Å². The van der Waals surface area contributed by atoms with Crippen LogP contribution in [-0.2, 0) is 11.3 Å². The van der Waals surface area contributed by atoms with Crippen molar-refractivity contribution in [3.05, 3.63) is 50.1 Å². The number of amides is 1. The molecular weight excluding hydrogens is 406 g/mol. The molecule has 0 aliphatic heterocycles. The lowest BCUT2D eigenvalue weighted by Crippen LogP contribution is -2.27. The van der Waals surface area contributed by atoms with Gasteiger partial charge in [-0.05, 0) is 37.3 Å². The summed E-state index contributed by atoms with van der Waals surface area (Å²) in [5.41, 5.74) is 2.99. The predicted molar refractivity (Wildman–Crippen MR) is 117 cm³/mol. The largest absolute Gasteiger partial charge is 0.461 e. The molecule has 0 spiro atoms. The summed E-state index contributed by atoms with van der Waals surface area (Å²) in [6.07, 6.45) is 0. The van der Waals surface area contributed by atoms with Crippen LogP contribution in [0.25, 0.3) is 11.4 Å². The van der Waals surface area contributed by atoms with Gasteiger partial charge < -0.3 is 14.6 Å². The topological polar surface area (TPSA) is 73.2 Å². The molecule has 1 amide bonds. The monoisotopic (exact) mass is 431 g/mol. The van der Waals surface area contributed by atoms with Crippen molar-refractivity contribution in [3.8, 4) is 11.4 Å². The van der Waals surface area contributed by atoms with E-state index in [2.05, 4.69) is 34.8 Å². The fourth-order valence-electron chi connectivity index (χ4n) is 2.92. The van der Waals surface area contributed by atoms with Gasteiger partial charge in [0.25, 0.3) is 5.91 Å². The van der Waals surface area contributed by atoms with Crippen LogP contribution in [0, 0.1) is 12.8 Å². The van der Waals surface area contributed by atoms with E-state index in [9.17, 15) is 9.59 Å². The number of hydrogen-bond donors (Lipinski definition) is 1. The zero-order chi connectivity index (χ0) is 21.0. The van der Waals surface area contributed by atoms with Crippen molar-refractivity contribution in [1.29, 1.82) is 0 Å². The average molecular weight is 432 g/mol. The Morgan fingerprint density at radius 2 is 2.10 bits per heavy atom. The van der Waals surface area contributed by atoms with Gasteiger partial charge in [0, 0.05) is 22.5 Å². The van der Waals surface area contributed by atoms with Crippen LogP contribution in [0.5, 0.6) is 0 Å². The van der Waals surface area contributed by atoms with Crippen molar-refractivity contribution in [3.63, 3.8) is 0 Å². The summed E-state index contributed by atoms with van der Waals surface area (Å²) in [5.74, 6) is -0.146. The highest BCUT2D eigenvalue weighted by molar-refractivity contribution is 7.12. The Labute approximate surface area is 178 Å². The molecule has 3 rings (SSSR count). The lowest BCUT2D eigenvalue weighted by molar-refractivity contribution is 0.0526. The number of hydrogen-bond acceptors (Lipinski definition) is 6. The number of carbonyl (C=O) groups is 2. The van der Waals surface area contributed by atoms with Gasteiger partial charge in [0.2, 0.25) is 5.01 Å². The smallest absolute Gasteiger partial charge is 0.367 e. The van der Waals surface area contributed by atoms with Gasteiger partial charge in [-0.25, -0.2) is 9.78 Å². The van der Waals surface area contributed by atoms with E-state index in [4.69, 9.17) is 4.74 Å². The van der Waals surface area contributed by atoms with Crippen molar-refractivity contribution < 1.29 is 14.3 Å². The quantitative estimate of drug-likeness (QED) is 0.529. The van der Waals surface area contributed by atoms with Gasteiger partial charge in [0.1, 0.15) is 0 Å². The number of nitrogens with one attached hydrogen (secondary N) is 1. The van der Waals surface area contributed by atoms with Crippen LogP contribution in [0.15, 0.2) is 29.0 Å². The van der Waals surface area contributed by atoms with Crippen LogP contribution in [0.1, 0.15) is 51.5 Å².